The molecule has 1 aliphatic rings. The first-order valence-corrected chi connectivity index (χ1v) is 7.27. The smallest absolute Gasteiger partial charge is 0.239 e. The van der Waals surface area contributed by atoms with Crippen LogP contribution in [0.15, 0.2) is 0 Å². The van der Waals surface area contributed by atoms with E-state index in [-0.39, 0.29) is 17.9 Å². The molecular formula is C14H27N3O2. The number of piperazine rings is 1. The number of rotatable bonds is 5. The summed E-state index contributed by atoms with van der Waals surface area (Å²) >= 11 is 0. The summed E-state index contributed by atoms with van der Waals surface area (Å²) in [5.41, 5.74) is 5.85. The molecule has 5 heteroatoms. The molecule has 2 N–H and O–H groups in total. The number of carbonyl (C=O) groups is 2. The first kappa shape index (κ1) is 16.0. The van der Waals surface area contributed by atoms with Gasteiger partial charge in [0, 0.05) is 32.6 Å². The predicted octanol–water partition coefficient (Wildman–Crippen LogP) is 0.831. The zero-order valence-corrected chi connectivity index (χ0v) is 12.4. The lowest BCUT2D eigenvalue weighted by Gasteiger charge is -2.36. The van der Waals surface area contributed by atoms with Gasteiger partial charge in [-0.05, 0) is 12.3 Å². The molecule has 0 aromatic rings. The molecule has 0 radical (unpaired) electrons. The van der Waals surface area contributed by atoms with Crippen LogP contribution in [-0.2, 0) is 9.59 Å². The van der Waals surface area contributed by atoms with Gasteiger partial charge in [-0.3, -0.25) is 9.59 Å². The second-order valence-corrected chi connectivity index (χ2v) is 5.70. The van der Waals surface area contributed by atoms with E-state index >= 15 is 0 Å². The van der Waals surface area contributed by atoms with Crippen molar-refractivity contribution in [1.29, 1.82) is 0 Å². The van der Waals surface area contributed by atoms with Gasteiger partial charge in [-0.25, -0.2) is 0 Å². The summed E-state index contributed by atoms with van der Waals surface area (Å²) in [6, 6.07) is -0.386. The minimum atomic E-state index is -0.386. The minimum absolute atomic E-state index is 0.0257. The number of hydrogen-bond donors (Lipinski definition) is 1. The van der Waals surface area contributed by atoms with E-state index in [1.54, 1.807) is 4.90 Å². The largest absolute Gasteiger partial charge is 0.339 e. The molecule has 1 atom stereocenters. The number of nitrogens with zero attached hydrogens (tertiary/aromatic N) is 2. The molecule has 0 unspecified atom stereocenters. The minimum Gasteiger partial charge on any atom is -0.339 e. The van der Waals surface area contributed by atoms with Crippen LogP contribution in [0.25, 0.3) is 0 Å². The molecule has 1 aliphatic heterocycles. The van der Waals surface area contributed by atoms with Crippen molar-refractivity contribution in [1.82, 2.24) is 9.80 Å². The van der Waals surface area contributed by atoms with Gasteiger partial charge in [0.1, 0.15) is 0 Å². The molecular weight excluding hydrogens is 242 g/mol. The van der Waals surface area contributed by atoms with Crippen molar-refractivity contribution in [2.24, 2.45) is 11.7 Å². The maximum Gasteiger partial charge on any atom is 0.239 e. The highest BCUT2D eigenvalue weighted by atomic mass is 16.2. The van der Waals surface area contributed by atoms with E-state index in [9.17, 15) is 9.59 Å². The molecule has 110 valence electrons. The van der Waals surface area contributed by atoms with Crippen LogP contribution in [0.5, 0.6) is 0 Å². The molecule has 0 bridgehead atoms. The van der Waals surface area contributed by atoms with E-state index in [1.165, 1.54) is 0 Å². The molecule has 0 aromatic carbocycles. The summed E-state index contributed by atoms with van der Waals surface area (Å²) in [4.78, 5) is 27.6. The van der Waals surface area contributed by atoms with Crippen LogP contribution in [0.3, 0.4) is 0 Å². The van der Waals surface area contributed by atoms with E-state index in [0.717, 1.165) is 12.8 Å². The van der Waals surface area contributed by atoms with Crippen molar-refractivity contribution < 1.29 is 9.59 Å². The molecule has 1 heterocycles. The Kier molecular flexibility index (Phi) is 6.28. The van der Waals surface area contributed by atoms with Gasteiger partial charge in [0.05, 0.1) is 6.04 Å². The fraction of sp³-hybridized carbons (Fsp3) is 0.857. The molecule has 5 nitrogen and oxygen atoms in total. The summed E-state index contributed by atoms with van der Waals surface area (Å²) in [5.74, 6) is 0.600. The number of amides is 2. The number of nitrogens with two attached hydrogens (primary N) is 1. The Morgan fingerprint density at radius 3 is 2.11 bits per heavy atom. The third kappa shape index (κ3) is 4.82. The quantitative estimate of drug-likeness (QED) is 0.804. The van der Waals surface area contributed by atoms with E-state index in [0.29, 0.717) is 38.5 Å². The van der Waals surface area contributed by atoms with Crippen molar-refractivity contribution in [2.75, 3.05) is 26.2 Å². The molecule has 0 aliphatic carbocycles. The Balaban J connectivity index is 2.40. The van der Waals surface area contributed by atoms with Crippen molar-refractivity contribution in [2.45, 2.75) is 46.1 Å². The van der Waals surface area contributed by atoms with Gasteiger partial charge >= 0.3 is 0 Å². The van der Waals surface area contributed by atoms with Gasteiger partial charge in [0.25, 0.3) is 0 Å². The summed E-state index contributed by atoms with van der Waals surface area (Å²) in [6.45, 7) is 8.60. The summed E-state index contributed by atoms with van der Waals surface area (Å²) in [5, 5.41) is 0. The number of hydrogen-bond acceptors (Lipinski definition) is 3. The Morgan fingerprint density at radius 2 is 1.63 bits per heavy atom. The Bertz CT molecular complexity index is 310. The van der Waals surface area contributed by atoms with Crippen LogP contribution in [0.1, 0.15) is 40.0 Å². The predicted molar refractivity (Wildman–Crippen MR) is 75.5 cm³/mol. The average molecular weight is 269 g/mol. The molecule has 0 aromatic heterocycles. The average Bonchev–Trinajstić information content (AvgIpc) is 2.37. The first-order chi connectivity index (χ1) is 8.95. The number of carbonyl (C=O) groups excluding carboxylic acids is 2. The van der Waals surface area contributed by atoms with Crippen molar-refractivity contribution >= 4 is 11.8 Å². The first-order valence-electron chi connectivity index (χ1n) is 7.27. The normalized spacial score (nSPS) is 17.7. The maximum atomic E-state index is 12.0. The topological polar surface area (TPSA) is 66.6 Å². The van der Waals surface area contributed by atoms with Crippen LogP contribution in [0.2, 0.25) is 0 Å². The van der Waals surface area contributed by atoms with E-state index in [4.69, 9.17) is 5.73 Å². The fourth-order valence-electron chi connectivity index (χ4n) is 2.32. The lowest BCUT2D eigenvalue weighted by atomic mass is 10.1. The summed E-state index contributed by atoms with van der Waals surface area (Å²) in [6.07, 6.45) is 2.23. The van der Waals surface area contributed by atoms with E-state index in [2.05, 4.69) is 0 Å². The third-order valence-electron chi connectivity index (χ3n) is 3.44. The van der Waals surface area contributed by atoms with Gasteiger partial charge < -0.3 is 15.5 Å². The lowest BCUT2D eigenvalue weighted by molar-refractivity contribution is -0.140. The summed E-state index contributed by atoms with van der Waals surface area (Å²) in [7, 11) is 0. The van der Waals surface area contributed by atoms with Crippen molar-refractivity contribution in [3.8, 4) is 0 Å². The molecule has 1 rings (SSSR count). The Labute approximate surface area is 116 Å². The fourth-order valence-corrected chi connectivity index (χ4v) is 2.32. The van der Waals surface area contributed by atoms with Crippen LogP contribution >= 0.6 is 0 Å². The van der Waals surface area contributed by atoms with E-state index < -0.39 is 0 Å². The highest BCUT2D eigenvalue weighted by molar-refractivity contribution is 5.82. The SMILES string of the molecule is CCC[C@@H](N)C(=O)N1CCN(C(=O)CC(C)C)CC1. The molecule has 1 fully saturated rings. The molecule has 0 saturated carbocycles. The van der Waals surface area contributed by atoms with Gasteiger partial charge in [0.15, 0.2) is 0 Å². The highest BCUT2D eigenvalue weighted by Crippen LogP contribution is 2.09. The van der Waals surface area contributed by atoms with Crippen molar-refractivity contribution in [3.05, 3.63) is 0 Å². The molecule has 19 heavy (non-hydrogen) atoms. The van der Waals surface area contributed by atoms with Gasteiger partial charge in [0.2, 0.25) is 11.8 Å². The van der Waals surface area contributed by atoms with Crippen LogP contribution < -0.4 is 5.73 Å². The molecule has 2 amide bonds. The van der Waals surface area contributed by atoms with Gasteiger partial charge in [-0.1, -0.05) is 27.2 Å². The highest BCUT2D eigenvalue weighted by Gasteiger charge is 2.26. The second kappa shape index (κ2) is 7.48. The Hall–Kier alpha value is -1.10. The van der Waals surface area contributed by atoms with Crippen LogP contribution in [0, 0.1) is 5.92 Å². The van der Waals surface area contributed by atoms with Crippen LogP contribution in [-0.4, -0.2) is 53.8 Å². The molecule has 0 spiro atoms. The second-order valence-electron chi connectivity index (χ2n) is 5.70. The zero-order valence-electron chi connectivity index (χ0n) is 12.4. The monoisotopic (exact) mass is 269 g/mol. The van der Waals surface area contributed by atoms with Gasteiger partial charge in [-0.2, -0.15) is 0 Å². The third-order valence-corrected chi connectivity index (χ3v) is 3.44. The van der Waals surface area contributed by atoms with Gasteiger partial charge in [-0.15, -0.1) is 0 Å². The van der Waals surface area contributed by atoms with Crippen LogP contribution in [0.4, 0.5) is 0 Å². The maximum absolute atomic E-state index is 12.0. The molecule has 1 saturated heterocycles. The van der Waals surface area contributed by atoms with E-state index in [1.807, 2.05) is 25.7 Å². The zero-order chi connectivity index (χ0) is 14.4. The summed E-state index contributed by atoms with van der Waals surface area (Å²) < 4.78 is 0. The standard InChI is InChI=1S/C14H27N3O2/c1-4-5-12(15)14(19)17-8-6-16(7-9-17)13(18)10-11(2)3/h11-12H,4-10,15H2,1-3H3/t12-/m1/s1. The lowest BCUT2D eigenvalue weighted by Crippen LogP contribution is -2.54. The Morgan fingerprint density at radius 1 is 1.11 bits per heavy atom. The van der Waals surface area contributed by atoms with Crippen molar-refractivity contribution in [3.63, 3.8) is 0 Å².